The Morgan fingerprint density at radius 1 is 1.26 bits per heavy atom. The molecule has 0 aliphatic carbocycles. The van der Waals surface area contributed by atoms with Crippen LogP contribution >= 0.6 is 0 Å². The van der Waals surface area contributed by atoms with Gasteiger partial charge in [0, 0.05) is 7.05 Å². The van der Waals surface area contributed by atoms with E-state index in [-0.39, 0.29) is 12.3 Å². The Hall–Kier alpha value is -2.04. The molecule has 1 amide bonds. The fourth-order valence-electron chi connectivity index (χ4n) is 1.72. The smallest absolute Gasteiger partial charge is 0.406 e. The van der Waals surface area contributed by atoms with E-state index in [1.807, 2.05) is 31.2 Å². The second kappa shape index (κ2) is 7.41. The van der Waals surface area contributed by atoms with Gasteiger partial charge >= 0.3 is 12.1 Å². The van der Waals surface area contributed by atoms with Crippen molar-refractivity contribution in [1.29, 1.82) is 0 Å². The number of carboxylic acids is 1. The molecule has 2 N–H and O–H groups in total. The van der Waals surface area contributed by atoms with Crippen LogP contribution in [0.3, 0.4) is 0 Å². The summed E-state index contributed by atoms with van der Waals surface area (Å²) in [5, 5.41) is 11.1. The molecule has 0 aromatic heterocycles. The molecule has 0 bridgehead atoms. The number of benzene rings is 1. The van der Waals surface area contributed by atoms with Gasteiger partial charge in [-0.2, -0.15) is 0 Å². The highest BCUT2D eigenvalue weighted by Gasteiger charge is 2.07. The van der Waals surface area contributed by atoms with E-state index >= 15 is 0 Å². The Kier molecular flexibility index (Phi) is 5.85. The zero-order chi connectivity index (χ0) is 14.3. The van der Waals surface area contributed by atoms with Gasteiger partial charge in [-0.1, -0.05) is 31.2 Å². The summed E-state index contributed by atoms with van der Waals surface area (Å²) in [4.78, 5) is 21.5. The molecule has 0 aliphatic heterocycles. The average molecular weight is 265 g/mol. The number of carbonyl (C=O) groups is 2. The lowest BCUT2D eigenvalue weighted by atomic mass is 10.0. The molecule has 5 nitrogen and oxygen atoms in total. The third-order valence-electron chi connectivity index (χ3n) is 2.67. The van der Waals surface area contributed by atoms with E-state index in [0.29, 0.717) is 6.61 Å². The van der Waals surface area contributed by atoms with Crippen LogP contribution in [-0.2, 0) is 22.4 Å². The van der Waals surface area contributed by atoms with Crippen LogP contribution in [0.2, 0.25) is 0 Å². The number of aliphatic carboxylic acids is 1. The van der Waals surface area contributed by atoms with Crippen LogP contribution in [0, 0.1) is 5.92 Å². The van der Waals surface area contributed by atoms with E-state index < -0.39 is 12.1 Å². The quantitative estimate of drug-likeness (QED) is 0.823. The van der Waals surface area contributed by atoms with Gasteiger partial charge in [0.15, 0.2) is 0 Å². The number of hydrogen-bond acceptors (Lipinski definition) is 3. The van der Waals surface area contributed by atoms with Crippen molar-refractivity contribution in [3.05, 3.63) is 35.4 Å². The van der Waals surface area contributed by atoms with Crippen LogP contribution in [0.15, 0.2) is 24.3 Å². The Bertz CT molecular complexity index is 428. The highest BCUT2D eigenvalue weighted by Crippen LogP contribution is 2.11. The molecule has 0 spiro atoms. The fourth-order valence-corrected chi connectivity index (χ4v) is 1.72. The minimum absolute atomic E-state index is 0.0373. The molecule has 1 aromatic rings. The van der Waals surface area contributed by atoms with Crippen molar-refractivity contribution in [2.24, 2.45) is 5.92 Å². The molecule has 104 valence electrons. The van der Waals surface area contributed by atoms with Gasteiger partial charge in [0.25, 0.3) is 0 Å². The molecule has 1 rings (SSSR count). The second-order valence-corrected chi connectivity index (χ2v) is 4.54. The van der Waals surface area contributed by atoms with Crippen LogP contribution in [0.25, 0.3) is 0 Å². The van der Waals surface area contributed by atoms with E-state index in [2.05, 4.69) is 5.32 Å². The number of nitrogens with one attached hydrogen (secondary N) is 1. The van der Waals surface area contributed by atoms with Crippen molar-refractivity contribution < 1.29 is 19.4 Å². The largest absolute Gasteiger partial charge is 0.481 e. The highest BCUT2D eigenvalue weighted by atomic mass is 16.5. The molecule has 5 heteroatoms. The molecule has 1 aromatic carbocycles. The summed E-state index contributed by atoms with van der Waals surface area (Å²) in [6.07, 6.45) is 0.392. The predicted molar refractivity (Wildman–Crippen MR) is 71.1 cm³/mol. The van der Waals surface area contributed by atoms with Crippen LogP contribution in [0.1, 0.15) is 18.1 Å². The second-order valence-electron chi connectivity index (χ2n) is 4.54. The van der Waals surface area contributed by atoms with Crippen LogP contribution < -0.4 is 5.32 Å². The molecule has 0 aliphatic rings. The molecule has 1 unspecified atom stereocenters. The Labute approximate surface area is 112 Å². The summed E-state index contributed by atoms with van der Waals surface area (Å²) in [7, 11) is 1.52. The molecular formula is C14H19NO4. The first-order valence-electron chi connectivity index (χ1n) is 6.15. The summed E-state index contributed by atoms with van der Waals surface area (Å²) in [5.74, 6) is -0.622. The van der Waals surface area contributed by atoms with Gasteiger partial charge in [0.1, 0.15) is 0 Å². The minimum atomic E-state index is -0.833. The van der Waals surface area contributed by atoms with E-state index in [4.69, 9.17) is 9.84 Å². The van der Waals surface area contributed by atoms with Crippen LogP contribution in [0.5, 0.6) is 0 Å². The van der Waals surface area contributed by atoms with Gasteiger partial charge in [0.2, 0.25) is 0 Å². The van der Waals surface area contributed by atoms with Gasteiger partial charge in [-0.25, -0.2) is 4.79 Å². The van der Waals surface area contributed by atoms with Crippen LogP contribution in [-0.4, -0.2) is 30.8 Å². The summed E-state index contributed by atoms with van der Waals surface area (Å²) in [6.45, 7) is 2.35. The minimum Gasteiger partial charge on any atom is -0.481 e. The summed E-state index contributed by atoms with van der Waals surface area (Å²) >= 11 is 0. The topological polar surface area (TPSA) is 75.6 Å². The zero-order valence-corrected chi connectivity index (χ0v) is 11.2. The molecule has 0 saturated carbocycles. The predicted octanol–water partition coefficient (Wildman–Crippen LogP) is 1.85. The van der Waals surface area contributed by atoms with Crippen molar-refractivity contribution >= 4 is 12.1 Å². The van der Waals surface area contributed by atoms with Crippen LogP contribution in [0.4, 0.5) is 4.79 Å². The van der Waals surface area contributed by atoms with E-state index in [1.54, 1.807) is 0 Å². The maximum atomic E-state index is 10.9. The first-order valence-corrected chi connectivity index (χ1v) is 6.15. The standard InChI is InChI=1S/C14H19NO4/c1-10(9-19-14(18)15-2)7-11-3-5-12(6-4-11)8-13(16)17/h3-6,10H,7-9H2,1-2H3,(H,15,18)(H,16,17). The molecule has 0 fully saturated rings. The highest BCUT2D eigenvalue weighted by molar-refractivity contribution is 5.70. The zero-order valence-electron chi connectivity index (χ0n) is 11.2. The summed E-state index contributed by atoms with van der Waals surface area (Å²) in [5.41, 5.74) is 1.88. The molecular weight excluding hydrogens is 246 g/mol. The number of ether oxygens (including phenoxy) is 1. The van der Waals surface area contributed by atoms with Gasteiger partial charge < -0.3 is 15.2 Å². The van der Waals surface area contributed by atoms with Gasteiger partial charge in [-0.05, 0) is 23.5 Å². The maximum Gasteiger partial charge on any atom is 0.406 e. The normalized spacial score (nSPS) is 11.7. The monoisotopic (exact) mass is 265 g/mol. The van der Waals surface area contributed by atoms with Gasteiger partial charge in [-0.3, -0.25) is 4.79 Å². The van der Waals surface area contributed by atoms with Gasteiger partial charge in [-0.15, -0.1) is 0 Å². The van der Waals surface area contributed by atoms with Gasteiger partial charge in [0.05, 0.1) is 13.0 Å². The first-order chi connectivity index (χ1) is 9.01. The molecule has 19 heavy (non-hydrogen) atoms. The van der Waals surface area contributed by atoms with Crippen molar-refractivity contribution in [2.75, 3.05) is 13.7 Å². The van der Waals surface area contributed by atoms with Crippen molar-refractivity contribution in [3.8, 4) is 0 Å². The Balaban J connectivity index is 2.44. The lowest BCUT2D eigenvalue weighted by molar-refractivity contribution is -0.136. The van der Waals surface area contributed by atoms with Crippen molar-refractivity contribution in [2.45, 2.75) is 19.8 Å². The SMILES string of the molecule is CNC(=O)OCC(C)Cc1ccc(CC(=O)O)cc1. The molecule has 1 atom stereocenters. The lowest BCUT2D eigenvalue weighted by Crippen LogP contribution is -2.22. The summed E-state index contributed by atoms with van der Waals surface area (Å²) < 4.78 is 4.97. The Morgan fingerprint density at radius 3 is 2.37 bits per heavy atom. The Morgan fingerprint density at radius 2 is 1.84 bits per heavy atom. The lowest BCUT2D eigenvalue weighted by Gasteiger charge is -2.12. The molecule has 0 saturated heterocycles. The van der Waals surface area contributed by atoms with Crippen molar-refractivity contribution in [3.63, 3.8) is 0 Å². The fraction of sp³-hybridized carbons (Fsp3) is 0.429. The number of alkyl carbamates (subject to hydrolysis) is 1. The number of hydrogen-bond donors (Lipinski definition) is 2. The first kappa shape index (κ1) is 15.0. The summed E-state index contributed by atoms with van der Waals surface area (Å²) in [6, 6.07) is 7.45. The molecule has 0 heterocycles. The van der Waals surface area contributed by atoms with E-state index in [9.17, 15) is 9.59 Å². The number of carboxylic acid groups (broad SMARTS) is 1. The average Bonchev–Trinajstić information content (AvgIpc) is 2.37. The number of carbonyl (C=O) groups excluding carboxylic acids is 1. The third-order valence-corrected chi connectivity index (χ3v) is 2.67. The van der Waals surface area contributed by atoms with E-state index in [0.717, 1.165) is 17.5 Å². The third kappa shape index (κ3) is 5.90. The maximum absolute atomic E-state index is 10.9. The van der Waals surface area contributed by atoms with Crippen molar-refractivity contribution in [1.82, 2.24) is 5.32 Å². The number of amides is 1. The molecule has 0 radical (unpaired) electrons. The van der Waals surface area contributed by atoms with E-state index in [1.165, 1.54) is 7.05 Å². The number of rotatable bonds is 6.